The minimum atomic E-state index is -0.378. The van der Waals surface area contributed by atoms with Crippen LogP contribution in [0.1, 0.15) is 31.2 Å². The molecule has 1 heterocycles. The zero-order valence-electron chi connectivity index (χ0n) is 13.5. The van der Waals surface area contributed by atoms with Crippen LogP contribution in [0.15, 0.2) is 24.3 Å². The van der Waals surface area contributed by atoms with Crippen molar-refractivity contribution in [3.63, 3.8) is 0 Å². The van der Waals surface area contributed by atoms with Gasteiger partial charge in [-0.25, -0.2) is 4.39 Å². The van der Waals surface area contributed by atoms with Crippen LogP contribution in [0, 0.1) is 5.82 Å². The molecule has 5 heteroatoms. The molecule has 2 fully saturated rings. The van der Waals surface area contributed by atoms with E-state index in [-0.39, 0.29) is 17.8 Å². The largest absolute Gasteiger partial charge is 0.366 e. The normalized spacial score (nSPS) is 22.2. The number of carbonyl (C=O) groups excluding carboxylic acids is 1. The Balaban J connectivity index is 1.66. The summed E-state index contributed by atoms with van der Waals surface area (Å²) in [5.74, 6) is -0.137. The Hall–Kier alpha value is -1.46. The van der Waals surface area contributed by atoms with Crippen LogP contribution in [0.4, 0.5) is 4.39 Å². The molecule has 0 aromatic heterocycles. The monoisotopic (exact) mass is 320 g/mol. The summed E-state index contributed by atoms with van der Waals surface area (Å²) in [5, 5.41) is 3.22. The number of rotatable bonds is 5. The average molecular weight is 320 g/mol. The van der Waals surface area contributed by atoms with Gasteiger partial charge in [-0.15, -0.1) is 0 Å². The van der Waals surface area contributed by atoms with Crippen molar-refractivity contribution >= 4 is 5.91 Å². The first-order chi connectivity index (χ1) is 11.2. The van der Waals surface area contributed by atoms with Gasteiger partial charge in [-0.2, -0.15) is 0 Å². The van der Waals surface area contributed by atoms with Crippen molar-refractivity contribution in [2.45, 2.75) is 44.2 Å². The topological polar surface area (TPSA) is 41.6 Å². The average Bonchev–Trinajstić information content (AvgIpc) is 3.10. The molecular weight excluding hydrogens is 295 g/mol. The Morgan fingerprint density at radius 2 is 2.17 bits per heavy atom. The summed E-state index contributed by atoms with van der Waals surface area (Å²) in [6.45, 7) is 2.60. The standard InChI is InChI=1S/C18H25FN2O2/c19-15-5-3-4-14(12-15)8-10-21(16-6-1-2-7-16)18(22)17-13-20-9-11-23-17/h3-5,12,16-17,20H,1-2,6-11,13H2. The van der Waals surface area contributed by atoms with Crippen LogP contribution in [0.5, 0.6) is 0 Å². The lowest BCUT2D eigenvalue weighted by atomic mass is 10.1. The highest BCUT2D eigenvalue weighted by Gasteiger charge is 2.32. The zero-order chi connectivity index (χ0) is 16.1. The van der Waals surface area contributed by atoms with Gasteiger partial charge >= 0.3 is 0 Å². The predicted molar refractivity (Wildman–Crippen MR) is 86.7 cm³/mol. The van der Waals surface area contributed by atoms with Crippen molar-refractivity contribution in [2.75, 3.05) is 26.2 Å². The molecule has 1 unspecified atom stereocenters. The van der Waals surface area contributed by atoms with Gasteiger partial charge in [0.2, 0.25) is 0 Å². The molecule has 1 amide bonds. The zero-order valence-corrected chi connectivity index (χ0v) is 13.5. The lowest BCUT2D eigenvalue weighted by molar-refractivity contribution is -0.147. The number of carbonyl (C=O) groups is 1. The van der Waals surface area contributed by atoms with E-state index >= 15 is 0 Å². The number of amides is 1. The molecule has 1 saturated heterocycles. The van der Waals surface area contributed by atoms with Gasteiger partial charge in [-0.05, 0) is 37.0 Å². The van der Waals surface area contributed by atoms with Gasteiger partial charge in [-0.3, -0.25) is 4.79 Å². The maximum Gasteiger partial charge on any atom is 0.253 e. The van der Waals surface area contributed by atoms with Gasteiger partial charge < -0.3 is 15.0 Å². The van der Waals surface area contributed by atoms with Crippen molar-refractivity contribution in [3.8, 4) is 0 Å². The van der Waals surface area contributed by atoms with Crippen LogP contribution in [-0.2, 0) is 16.0 Å². The van der Waals surface area contributed by atoms with Gasteiger partial charge in [0.25, 0.3) is 5.91 Å². The van der Waals surface area contributed by atoms with Crippen LogP contribution in [0.2, 0.25) is 0 Å². The molecule has 1 aliphatic heterocycles. The fourth-order valence-electron chi connectivity index (χ4n) is 3.54. The Morgan fingerprint density at radius 3 is 2.87 bits per heavy atom. The Morgan fingerprint density at radius 1 is 1.35 bits per heavy atom. The number of ether oxygens (including phenoxy) is 1. The third-order valence-electron chi connectivity index (χ3n) is 4.78. The predicted octanol–water partition coefficient (Wildman–Crippen LogP) is 2.13. The van der Waals surface area contributed by atoms with Crippen molar-refractivity contribution in [2.24, 2.45) is 0 Å². The Bertz CT molecular complexity index is 526. The Kier molecular flexibility index (Phi) is 5.62. The van der Waals surface area contributed by atoms with E-state index < -0.39 is 0 Å². The molecule has 3 rings (SSSR count). The van der Waals surface area contributed by atoms with E-state index in [0.29, 0.717) is 32.2 Å². The first-order valence-electron chi connectivity index (χ1n) is 8.61. The molecular formula is C18H25FN2O2. The van der Waals surface area contributed by atoms with Gasteiger partial charge in [0, 0.05) is 25.7 Å². The molecule has 1 atom stereocenters. The highest BCUT2D eigenvalue weighted by Crippen LogP contribution is 2.25. The second kappa shape index (κ2) is 7.88. The third kappa shape index (κ3) is 4.30. The van der Waals surface area contributed by atoms with Crippen LogP contribution >= 0.6 is 0 Å². The van der Waals surface area contributed by atoms with Crippen LogP contribution in [0.25, 0.3) is 0 Å². The molecule has 1 aromatic carbocycles. The summed E-state index contributed by atoms with van der Waals surface area (Å²) >= 11 is 0. The van der Waals surface area contributed by atoms with Crippen LogP contribution in [0.3, 0.4) is 0 Å². The molecule has 0 bridgehead atoms. The van der Waals surface area contributed by atoms with E-state index in [1.54, 1.807) is 12.1 Å². The molecule has 1 N–H and O–H groups in total. The van der Waals surface area contributed by atoms with E-state index in [9.17, 15) is 9.18 Å². The summed E-state index contributed by atoms with van der Waals surface area (Å²) in [5.41, 5.74) is 0.934. The highest BCUT2D eigenvalue weighted by atomic mass is 19.1. The molecule has 2 aliphatic rings. The fourth-order valence-corrected chi connectivity index (χ4v) is 3.54. The number of hydrogen-bond acceptors (Lipinski definition) is 3. The highest BCUT2D eigenvalue weighted by molar-refractivity contribution is 5.81. The Labute approximate surface area is 137 Å². The quantitative estimate of drug-likeness (QED) is 0.904. The molecule has 4 nitrogen and oxygen atoms in total. The van der Waals surface area contributed by atoms with Gasteiger partial charge in [0.05, 0.1) is 6.61 Å². The second-order valence-electron chi connectivity index (χ2n) is 6.41. The first kappa shape index (κ1) is 16.4. The first-order valence-corrected chi connectivity index (χ1v) is 8.61. The summed E-state index contributed by atoms with van der Waals surface area (Å²) in [6, 6.07) is 6.95. The fraction of sp³-hybridized carbons (Fsp3) is 0.611. The number of benzene rings is 1. The molecule has 1 aromatic rings. The van der Waals surface area contributed by atoms with E-state index in [0.717, 1.165) is 24.9 Å². The summed E-state index contributed by atoms with van der Waals surface area (Å²) in [6.07, 6.45) is 4.79. The second-order valence-corrected chi connectivity index (χ2v) is 6.41. The maximum atomic E-state index is 13.3. The number of halogens is 1. The summed E-state index contributed by atoms with van der Waals surface area (Å²) in [4.78, 5) is 14.8. The van der Waals surface area contributed by atoms with E-state index in [4.69, 9.17) is 4.74 Å². The molecule has 0 spiro atoms. The number of morpholine rings is 1. The molecule has 1 aliphatic carbocycles. The maximum absolute atomic E-state index is 13.3. The summed E-state index contributed by atoms with van der Waals surface area (Å²) in [7, 11) is 0. The minimum absolute atomic E-state index is 0.0838. The van der Waals surface area contributed by atoms with Crippen molar-refractivity contribution in [1.29, 1.82) is 0 Å². The molecule has 0 radical (unpaired) electrons. The lowest BCUT2D eigenvalue weighted by Gasteiger charge is -2.34. The van der Waals surface area contributed by atoms with Crippen molar-refractivity contribution < 1.29 is 13.9 Å². The smallest absolute Gasteiger partial charge is 0.253 e. The van der Waals surface area contributed by atoms with Gasteiger partial charge in [-0.1, -0.05) is 25.0 Å². The molecule has 23 heavy (non-hydrogen) atoms. The van der Waals surface area contributed by atoms with E-state index in [1.165, 1.54) is 18.9 Å². The van der Waals surface area contributed by atoms with Gasteiger partial charge in [0.1, 0.15) is 11.9 Å². The van der Waals surface area contributed by atoms with Crippen molar-refractivity contribution in [3.05, 3.63) is 35.6 Å². The molecule has 126 valence electrons. The lowest BCUT2D eigenvalue weighted by Crippen LogP contribution is -2.52. The molecule has 1 saturated carbocycles. The van der Waals surface area contributed by atoms with E-state index in [1.807, 2.05) is 11.0 Å². The number of nitrogens with one attached hydrogen (secondary N) is 1. The third-order valence-corrected chi connectivity index (χ3v) is 4.78. The number of nitrogens with zero attached hydrogens (tertiary/aromatic N) is 1. The van der Waals surface area contributed by atoms with Crippen molar-refractivity contribution in [1.82, 2.24) is 10.2 Å². The van der Waals surface area contributed by atoms with E-state index in [2.05, 4.69) is 5.32 Å². The minimum Gasteiger partial charge on any atom is -0.366 e. The van der Waals surface area contributed by atoms with Crippen LogP contribution < -0.4 is 5.32 Å². The van der Waals surface area contributed by atoms with Gasteiger partial charge in [0.15, 0.2) is 0 Å². The van der Waals surface area contributed by atoms with Crippen LogP contribution in [-0.4, -0.2) is 49.2 Å². The number of hydrogen-bond donors (Lipinski definition) is 1. The summed E-state index contributed by atoms with van der Waals surface area (Å²) < 4.78 is 19.0. The SMILES string of the molecule is O=C(C1CNCCO1)N(CCc1cccc(F)c1)C1CCCC1.